The molecule has 3 N–H and O–H groups in total. The summed E-state index contributed by atoms with van der Waals surface area (Å²) in [6, 6.07) is 1.69. The molecular weight excluding hydrogens is 272 g/mol. The first-order chi connectivity index (χ1) is 9.51. The standard InChI is InChI=1S/C15H24N2O2S/c1-11(2)7-15(4-5-15)10-17-14(19)16-8-13(18)12-3-6-20-9-12/h3,6,9,11,13,18H,4-5,7-8,10H2,1-2H3,(H2,16,17,19). The van der Waals surface area contributed by atoms with E-state index in [0.29, 0.717) is 11.3 Å². The Labute approximate surface area is 124 Å². The van der Waals surface area contributed by atoms with Gasteiger partial charge < -0.3 is 15.7 Å². The Balaban J connectivity index is 1.66. The average Bonchev–Trinajstić information content (AvgIpc) is 2.93. The molecule has 2 amide bonds. The van der Waals surface area contributed by atoms with Crippen LogP contribution < -0.4 is 10.6 Å². The number of carbonyl (C=O) groups is 1. The van der Waals surface area contributed by atoms with E-state index in [2.05, 4.69) is 24.5 Å². The summed E-state index contributed by atoms with van der Waals surface area (Å²) in [5.41, 5.74) is 1.19. The quantitative estimate of drug-likeness (QED) is 0.724. The second-order valence-corrected chi connectivity index (χ2v) is 7.01. The number of hydrogen-bond donors (Lipinski definition) is 3. The van der Waals surface area contributed by atoms with E-state index >= 15 is 0 Å². The first-order valence-electron chi connectivity index (χ1n) is 7.23. The largest absolute Gasteiger partial charge is 0.387 e. The van der Waals surface area contributed by atoms with Crippen LogP contribution in [0, 0.1) is 11.3 Å². The van der Waals surface area contributed by atoms with Crippen molar-refractivity contribution in [2.45, 2.75) is 39.2 Å². The molecule has 1 fully saturated rings. The summed E-state index contributed by atoms with van der Waals surface area (Å²) in [6.07, 6.45) is 2.97. The Kier molecular flexibility index (Phi) is 5.05. The van der Waals surface area contributed by atoms with Crippen molar-refractivity contribution >= 4 is 17.4 Å². The molecular formula is C15H24N2O2S. The van der Waals surface area contributed by atoms with Gasteiger partial charge in [0.15, 0.2) is 0 Å². The van der Waals surface area contributed by atoms with Crippen LogP contribution in [0.1, 0.15) is 44.8 Å². The Morgan fingerprint density at radius 3 is 2.75 bits per heavy atom. The predicted octanol–water partition coefficient (Wildman–Crippen LogP) is 2.91. The monoisotopic (exact) mass is 296 g/mol. The average molecular weight is 296 g/mol. The lowest BCUT2D eigenvalue weighted by atomic mass is 9.94. The van der Waals surface area contributed by atoms with Gasteiger partial charge in [-0.3, -0.25) is 0 Å². The lowest BCUT2D eigenvalue weighted by Crippen LogP contribution is -2.40. The van der Waals surface area contributed by atoms with Crippen molar-refractivity contribution in [3.63, 3.8) is 0 Å². The maximum absolute atomic E-state index is 11.7. The summed E-state index contributed by atoms with van der Waals surface area (Å²) in [6.45, 7) is 5.43. The van der Waals surface area contributed by atoms with Crippen molar-refractivity contribution < 1.29 is 9.90 Å². The fourth-order valence-corrected chi connectivity index (χ4v) is 3.31. The van der Waals surface area contributed by atoms with Crippen molar-refractivity contribution in [2.24, 2.45) is 11.3 Å². The summed E-state index contributed by atoms with van der Waals surface area (Å²) in [5, 5.41) is 19.4. The number of urea groups is 1. The van der Waals surface area contributed by atoms with Crippen LogP contribution in [0.15, 0.2) is 16.8 Å². The van der Waals surface area contributed by atoms with Crippen LogP contribution >= 0.6 is 11.3 Å². The van der Waals surface area contributed by atoms with Gasteiger partial charge in [0, 0.05) is 13.1 Å². The van der Waals surface area contributed by atoms with Crippen LogP contribution in [-0.4, -0.2) is 24.2 Å². The molecule has 112 valence electrons. The minimum atomic E-state index is -0.627. The minimum absolute atomic E-state index is 0.186. The lowest BCUT2D eigenvalue weighted by molar-refractivity contribution is 0.173. The molecule has 2 rings (SSSR count). The van der Waals surface area contributed by atoms with Crippen molar-refractivity contribution in [1.29, 1.82) is 0 Å². The highest BCUT2D eigenvalue weighted by atomic mass is 32.1. The van der Waals surface area contributed by atoms with Crippen LogP contribution in [0.2, 0.25) is 0 Å². The fraction of sp³-hybridized carbons (Fsp3) is 0.667. The zero-order chi connectivity index (χ0) is 14.6. The molecule has 20 heavy (non-hydrogen) atoms. The van der Waals surface area contributed by atoms with Crippen molar-refractivity contribution in [2.75, 3.05) is 13.1 Å². The molecule has 1 saturated carbocycles. The minimum Gasteiger partial charge on any atom is -0.387 e. The van der Waals surface area contributed by atoms with Crippen LogP contribution in [0.3, 0.4) is 0 Å². The van der Waals surface area contributed by atoms with E-state index in [-0.39, 0.29) is 12.6 Å². The molecule has 0 bridgehead atoms. The molecule has 1 unspecified atom stereocenters. The van der Waals surface area contributed by atoms with E-state index in [9.17, 15) is 9.90 Å². The highest BCUT2D eigenvalue weighted by Gasteiger charge is 2.42. The molecule has 0 aromatic carbocycles. The lowest BCUT2D eigenvalue weighted by Gasteiger charge is -2.19. The molecule has 4 nitrogen and oxygen atoms in total. The van der Waals surface area contributed by atoms with Gasteiger partial charge in [0.2, 0.25) is 0 Å². The fourth-order valence-electron chi connectivity index (χ4n) is 2.60. The summed E-state index contributed by atoms with van der Waals surface area (Å²) in [5.74, 6) is 0.669. The molecule has 1 atom stereocenters. The van der Waals surface area contributed by atoms with Gasteiger partial charge in [0.05, 0.1) is 6.10 Å². The Morgan fingerprint density at radius 2 is 2.20 bits per heavy atom. The van der Waals surface area contributed by atoms with Gasteiger partial charge >= 0.3 is 6.03 Å². The van der Waals surface area contributed by atoms with E-state index in [1.54, 1.807) is 11.3 Å². The van der Waals surface area contributed by atoms with Gasteiger partial charge in [-0.1, -0.05) is 13.8 Å². The summed E-state index contributed by atoms with van der Waals surface area (Å²) < 4.78 is 0. The van der Waals surface area contributed by atoms with Gasteiger partial charge in [-0.2, -0.15) is 11.3 Å². The second-order valence-electron chi connectivity index (χ2n) is 6.23. The molecule has 5 heteroatoms. The molecule has 0 spiro atoms. The van der Waals surface area contributed by atoms with E-state index in [1.807, 2.05) is 16.8 Å². The Bertz CT molecular complexity index is 427. The van der Waals surface area contributed by atoms with E-state index in [1.165, 1.54) is 19.3 Å². The van der Waals surface area contributed by atoms with E-state index in [0.717, 1.165) is 12.1 Å². The summed E-state index contributed by atoms with van der Waals surface area (Å²) in [4.78, 5) is 11.7. The molecule has 1 aliphatic carbocycles. The number of thiophene rings is 1. The summed E-state index contributed by atoms with van der Waals surface area (Å²) in [7, 11) is 0. The number of amides is 2. The van der Waals surface area contributed by atoms with Crippen LogP contribution in [-0.2, 0) is 0 Å². The van der Waals surface area contributed by atoms with Crippen molar-refractivity contribution in [3.8, 4) is 0 Å². The zero-order valence-corrected chi connectivity index (χ0v) is 13.0. The van der Waals surface area contributed by atoms with Crippen LogP contribution in [0.5, 0.6) is 0 Å². The molecule has 1 heterocycles. The van der Waals surface area contributed by atoms with E-state index < -0.39 is 6.10 Å². The third kappa shape index (κ3) is 4.49. The van der Waals surface area contributed by atoms with Gasteiger partial charge in [0.1, 0.15) is 0 Å². The first kappa shape index (κ1) is 15.3. The molecule has 1 aliphatic rings. The van der Waals surface area contributed by atoms with Gasteiger partial charge in [0.25, 0.3) is 0 Å². The zero-order valence-electron chi connectivity index (χ0n) is 12.2. The molecule has 1 aromatic heterocycles. The SMILES string of the molecule is CC(C)CC1(CNC(=O)NCC(O)c2ccsc2)CC1. The smallest absolute Gasteiger partial charge is 0.314 e. The van der Waals surface area contributed by atoms with E-state index in [4.69, 9.17) is 0 Å². The Morgan fingerprint density at radius 1 is 1.45 bits per heavy atom. The molecule has 0 saturated heterocycles. The molecule has 1 aromatic rings. The van der Waals surface area contributed by atoms with Gasteiger partial charge in [-0.05, 0) is 53.0 Å². The summed E-state index contributed by atoms with van der Waals surface area (Å²) >= 11 is 1.54. The third-order valence-corrected chi connectivity index (χ3v) is 4.51. The Hall–Kier alpha value is -1.07. The van der Waals surface area contributed by atoms with Crippen LogP contribution in [0.25, 0.3) is 0 Å². The van der Waals surface area contributed by atoms with Crippen LogP contribution in [0.4, 0.5) is 4.79 Å². The van der Waals surface area contributed by atoms with Gasteiger partial charge in [-0.25, -0.2) is 4.79 Å². The third-order valence-electron chi connectivity index (χ3n) is 3.81. The predicted molar refractivity (Wildman–Crippen MR) is 81.8 cm³/mol. The number of rotatable bonds is 7. The number of nitrogens with one attached hydrogen (secondary N) is 2. The highest BCUT2D eigenvalue weighted by Crippen LogP contribution is 2.49. The number of hydrogen-bond acceptors (Lipinski definition) is 3. The maximum atomic E-state index is 11.7. The normalized spacial score (nSPS) is 17.8. The van der Waals surface area contributed by atoms with Crippen molar-refractivity contribution in [3.05, 3.63) is 22.4 Å². The highest BCUT2D eigenvalue weighted by molar-refractivity contribution is 7.07. The molecule has 0 radical (unpaired) electrons. The van der Waals surface area contributed by atoms with Crippen molar-refractivity contribution in [1.82, 2.24) is 10.6 Å². The van der Waals surface area contributed by atoms with Gasteiger partial charge in [-0.15, -0.1) is 0 Å². The molecule has 0 aliphatic heterocycles. The number of aliphatic hydroxyl groups excluding tert-OH is 1. The maximum Gasteiger partial charge on any atom is 0.314 e. The number of aliphatic hydroxyl groups is 1. The first-order valence-corrected chi connectivity index (χ1v) is 8.17. The second kappa shape index (κ2) is 6.59. The number of carbonyl (C=O) groups excluding carboxylic acids is 1. The topological polar surface area (TPSA) is 61.4 Å².